The van der Waals surface area contributed by atoms with Crippen LogP contribution in [-0.2, 0) is 4.79 Å². The van der Waals surface area contributed by atoms with Gasteiger partial charge in [-0.25, -0.2) is 0 Å². The molecule has 23 heavy (non-hydrogen) atoms. The van der Waals surface area contributed by atoms with Crippen LogP contribution in [0, 0.1) is 5.92 Å². The number of nitrogens with one attached hydrogen (secondary N) is 1. The summed E-state index contributed by atoms with van der Waals surface area (Å²) in [5.74, 6) is -1.43. The largest absolute Gasteiger partial charge is 0.393 e. The highest BCUT2D eigenvalue weighted by atomic mass is 32.2. The summed E-state index contributed by atoms with van der Waals surface area (Å²) in [6, 6.07) is 7.48. The van der Waals surface area contributed by atoms with Crippen molar-refractivity contribution in [3.05, 3.63) is 24.3 Å². The average molecular weight is 346 g/mol. The minimum atomic E-state index is -4.14. The summed E-state index contributed by atoms with van der Waals surface area (Å²) in [5.41, 5.74) is 0.747. The smallest absolute Gasteiger partial charge is 0.325 e. The molecule has 1 aromatic rings. The monoisotopic (exact) mass is 346 g/mol. The van der Waals surface area contributed by atoms with E-state index in [1.54, 1.807) is 4.90 Å². The zero-order valence-corrected chi connectivity index (χ0v) is 13.8. The number of nitrogens with zero attached hydrogens (tertiary/aromatic N) is 1. The highest BCUT2D eigenvalue weighted by molar-refractivity contribution is 7.98. The van der Waals surface area contributed by atoms with E-state index in [0.29, 0.717) is 19.5 Å². The van der Waals surface area contributed by atoms with Gasteiger partial charge in [0, 0.05) is 24.4 Å². The third-order valence-electron chi connectivity index (χ3n) is 4.00. The predicted octanol–water partition coefficient (Wildman–Crippen LogP) is 4.01. The van der Waals surface area contributed by atoms with Crippen LogP contribution < -0.4 is 5.32 Å². The Labute approximate surface area is 138 Å². The van der Waals surface area contributed by atoms with Gasteiger partial charge in [0.2, 0.25) is 5.91 Å². The highest BCUT2D eigenvalue weighted by Gasteiger charge is 2.41. The van der Waals surface area contributed by atoms with Crippen LogP contribution in [0.5, 0.6) is 0 Å². The van der Waals surface area contributed by atoms with Crippen LogP contribution in [0.15, 0.2) is 29.2 Å². The van der Waals surface area contributed by atoms with Gasteiger partial charge in [-0.05, 0) is 37.8 Å². The molecule has 0 saturated carbocycles. The number of likely N-dealkylation sites (tertiary alicyclic amines) is 1. The molecule has 1 saturated heterocycles. The van der Waals surface area contributed by atoms with Crippen molar-refractivity contribution in [3.63, 3.8) is 0 Å². The van der Waals surface area contributed by atoms with Gasteiger partial charge in [-0.2, -0.15) is 13.2 Å². The molecule has 2 rings (SSSR count). The van der Waals surface area contributed by atoms with E-state index in [-0.39, 0.29) is 25.3 Å². The van der Waals surface area contributed by atoms with Crippen molar-refractivity contribution < 1.29 is 18.0 Å². The molecular weight excluding hydrogens is 325 g/mol. The van der Waals surface area contributed by atoms with Crippen LogP contribution in [-0.4, -0.2) is 42.9 Å². The molecule has 1 aliphatic rings. The molecule has 0 radical (unpaired) electrons. The van der Waals surface area contributed by atoms with Gasteiger partial charge in [0.05, 0.1) is 11.6 Å². The highest BCUT2D eigenvalue weighted by Crippen LogP contribution is 2.33. The third-order valence-corrected chi connectivity index (χ3v) is 4.80. The molecule has 1 amide bonds. The zero-order valence-electron chi connectivity index (χ0n) is 13.0. The fourth-order valence-electron chi connectivity index (χ4n) is 2.75. The van der Waals surface area contributed by atoms with Crippen molar-refractivity contribution in [2.24, 2.45) is 5.92 Å². The fraction of sp³-hybridized carbons (Fsp3) is 0.562. The Morgan fingerprint density at radius 3 is 2.83 bits per heavy atom. The number of amides is 1. The van der Waals surface area contributed by atoms with E-state index in [0.717, 1.165) is 10.6 Å². The number of benzene rings is 1. The number of hydrogen-bond donors (Lipinski definition) is 1. The van der Waals surface area contributed by atoms with Crippen LogP contribution in [0.4, 0.5) is 18.9 Å². The van der Waals surface area contributed by atoms with Crippen LogP contribution in [0.2, 0.25) is 0 Å². The molecule has 7 heteroatoms. The first-order chi connectivity index (χ1) is 10.9. The van der Waals surface area contributed by atoms with Gasteiger partial charge in [0.15, 0.2) is 0 Å². The number of alkyl halides is 3. The molecule has 1 aliphatic heterocycles. The van der Waals surface area contributed by atoms with Crippen LogP contribution in [0.3, 0.4) is 0 Å². The maximum Gasteiger partial charge on any atom is 0.393 e. The van der Waals surface area contributed by atoms with Crippen LogP contribution >= 0.6 is 11.8 Å². The third kappa shape index (κ3) is 5.42. The normalized spacial score (nSPS) is 19.6. The molecule has 1 N–H and O–H groups in total. The van der Waals surface area contributed by atoms with Gasteiger partial charge < -0.3 is 10.2 Å². The van der Waals surface area contributed by atoms with Crippen molar-refractivity contribution in [2.75, 3.05) is 31.2 Å². The van der Waals surface area contributed by atoms with E-state index >= 15 is 0 Å². The van der Waals surface area contributed by atoms with Crippen molar-refractivity contribution in [2.45, 2.75) is 30.3 Å². The summed E-state index contributed by atoms with van der Waals surface area (Å²) in [5, 5.41) is 2.83. The second-order valence-electron chi connectivity index (χ2n) is 5.68. The minimum Gasteiger partial charge on any atom is -0.325 e. The van der Waals surface area contributed by atoms with Crippen molar-refractivity contribution in [1.82, 2.24) is 4.90 Å². The van der Waals surface area contributed by atoms with Gasteiger partial charge in [-0.1, -0.05) is 12.1 Å². The number of hydrogen-bond acceptors (Lipinski definition) is 3. The molecule has 0 aromatic heterocycles. The molecule has 0 bridgehead atoms. The van der Waals surface area contributed by atoms with E-state index < -0.39 is 12.1 Å². The summed E-state index contributed by atoms with van der Waals surface area (Å²) in [7, 11) is 0. The average Bonchev–Trinajstić information content (AvgIpc) is 2.53. The van der Waals surface area contributed by atoms with E-state index in [1.165, 1.54) is 11.8 Å². The molecule has 1 atom stereocenters. The standard InChI is InChI=1S/C16H21F3N2OS/c1-23-14-7-3-2-6-13(14)20-15(22)8-10-21-9-4-5-12(11-21)16(17,18)19/h2-3,6-7,12H,4-5,8-11H2,1H3,(H,20,22). The molecule has 1 aromatic carbocycles. The number of halogens is 3. The number of thioether (sulfide) groups is 1. The Balaban J connectivity index is 1.82. The first-order valence-electron chi connectivity index (χ1n) is 7.62. The van der Waals surface area contributed by atoms with Crippen molar-refractivity contribution >= 4 is 23.4 Å². The summed E-state index contributed by atoms with van der Waals surface area (Å²) >= 11 is 1.54. The van der Waals surface area contributed by atoms with E-state index in [2.05, 4.69) is 5.32 Å². The topological polar surface area (TPSA) is 32.3 Å². The quantitative estimate of drug-likeness (QED) is 0.818. The fourth-order valence-corrected chi connectivity index (χ4v) is 3.30. The lowest BCUT2D eigenvalue weighted by Gasteiger charge is -2.33. The SMILES string of the molecule is CSc1ccccc1NC(=O)CCN1CCCC(C(F)(F)F)C1. The Hall–Kier alpha value is -1.21. The Kier molecular flexibility index (Phi) is 6.35. The number of para-hydroxylation sites is 1. The van der Waals surface area contributed by atoms with Gasteiger partial charge in [0.1, 0.15) is 0 Å². The molecule has 128 valence electrons. The summed E-state index contributed by atoms with van der Waals surface area (Å²) in [6.45, 7) is 0.985. The van der Waals surface area contributed by atoms with Gasteiger partial charge in [-0.15, -0.1) is 11.8 Å². The van der Waals surface area contributed by atoms with E-state index in [4.69, 9.17) is 0 Å². The number of anilines is 1. The summed E-state index contributed by atoms with van der Waals surface area (Å²) in [4.78, 5) is 14.7. The maximum absolute atomic E-state index is 12.8. The van der Waals surface area contributed by atoms with Crippen molar-refractivity contribution in [3.8, 4) is 0 Å². The lowest BCUT2D eigenvalue weighted by atomic mass is 9.97. The molecule has 1 fully saturated rings. The van der Waals surface area contributed by atoms with Gasteiger partial charge >= 0.3 is 6.18 Å². The zero-order chi connectivity index (χ0) is 16.9. The minimum absolute atomic E-state index is 0.00181. The molecule has 3 nitrogen and oxygen atoms in total. The van der Waals surface area contributed by atoms with E-state index in [9.17, 15) is 18.0 Å². The Morgan fingerprint density at radius 1 is 1.39 bits per heavy atom. The lowest BCUT2D eigenvalue weighted by molar-refractivity contribution is -0.186. The first-order valence-corrected chi connectivity index (χ1v) is 8.84. The lowest BCUT2D eigenvalue weighted by Crippen LogP contribution is -2.42. The van der Waals surface area contributed by atoms with Crippen LogP contribution in [0.25, 0.3) is 0 Å². The first kappa shape index (κ1) is 18.1. The maximum atomic E-state index is 12.8. The second kappa shape index (κ2) is 8.06. The second-order valence-corrected chi connectivity index (χ2v) is 6.53. The van der Waals surface area contributed by atoms with E-state index in [1.807, 2.05) is 30.5 Å². The molecule has 0 aliphatic carbocycles. The van der Waals surface area contributed by atoms with Gasteiger partial charge in [0.25, 0.3) is 0 Å². The summed E-state index contributed by atoms with van der Waals surface area (Å²) in [6.07, 6.45) is -1.30. The number of carbonyl (C=O) groups excluding carboxylic acids is 1. The number of rotatable bonds is 5. The predicted molar refractivity (Wildman–Crippen MR) is 86.7 cm³/mol. The number of piperidine rings is 1. The summed E-state index contributed by atoms with van der Waals surface area (Å²) < 4.78 is 38.3. The van der Waals surface area contributed by atoms with Crippen molar-refractivity contribution in [1.29, 1.82) is 0 Å². The molecule has 1 heterocycles. The Morgan fingerprint density at radius 2 is 2.13 bits per heavy atom. The van der Waals surface area contributed by atoms with Gasteiger partial charge in [-0.3, -0.25) is 4.79 Å². The molecular formula is C16H21F3N2OS. The number of carbonyl (C=O) groups is 1. The molecule has 1 unspecified atom stereocenters. The van der Waals surface area contributed by atoms with Crippen LogP contribution in [0.1, 0.15) is 19.3 Å². The Bertz CT molecular complexity index is 536. The molecule has 0 spiro atoms.